The molecule has 2 aromatic carbocycles. The Morgan fingerprint density at radius 1 is 1.02 bits per heavy atom. The number of hydrogen-bond acceptors (Lipinski definition) is 7. The Labute approximate surface area is 292 Å². The number of fused-ring (bicyclic) bond motifs is 1. The van der Waals surface area contributed by atoms with E-state index >= 15 is 4.39 Å². The average molecular weight is 699 g/mol. The number of amides is 3. The van der Waals surface area contributed by atoms with E-state index in [-0.39, 0.29) is 42.5 Å². The van der Waals surface area contributed by atoms with Gasteiger partial charge in [0, 0.05) is 36.9 Å². The van der Waals surface area contributed by atoms with Crippen molar-refractivity contribution in [3.63, 3.8) is 0 Å². The van der Waals surface area contributed by atoms with Crippen molar-refractivity contribution >= 4 is 29.0 Å². The number of carbonyl (C=O) groups excluding carboxylic acids is 2. The van der Waals surface area contributed by atoms with E-state index in [1.54, 1.807) is 76.6 Å². The summed E-state index contributed by atoms with van der Waals surface area (Å²) < 4.78 is 33.6. The number of pyridine rings is 1. The van der Waals surface area contributed by atoms with Crippen molar-refractivity contribution in [2.45, 2.75) is 97.9 Å². The van der Waals surface area contributed by atoms with Gasteiger partial charge in [-0.05, 0) is 97.1 Å². The van der Waals surface area contributed by atoms with E-state index in [0.717, 1.165) is 0 Å². The van der Waals surface area contributed by atoms with Gasteiger partial charge >= 0.3 is 12.2 Å². The van der Waals surface area contributed by atoms with Crippen LogP contribution in [0.5, 0.6) is 11.5 Å². The number of nitrogens with zero attached hydrogens (tertiary/aromatic N) is 2. The Morgan fingerprint density at radius 3 is 2.28 bits per heavy atom. The van der Waals surface area contributed by atoms with Gasteiger partial charge in [0.1, 0.15) is 29.0 Å². The third kappa shape index (κ3) is 10.8. The summed E-state index contributed by atoms with van der Waals surface area (Å²) in [5.74, 6) is -0.238. The van der Waals surface area contributed by atoms with Crippen LogP contribution in [0.15, 0.2) is 47.4 Å². The number of hydrogen-bond donors (Lipinski definition) is 3. The minimum Gasteiger partial charge on any atom is -0.497 e. The lowest BCUT2D eigenvalue weighted by atomic mass is 10.0. The lowest BCUT2D eigenvalue weighted by Gasteiger charge is -2.33. The highest BCUT2D eigenvalue weighted by atomic mass is 19.1. The monoisotopic (exact) mass is 698 g/mol. The lowest BCUT2D eigenvalue weighted by molar-refractivity contribution is -0.123. The van der Waals surface area contributed by atoms with Gasteiger partial charge in [-0.25, -0.2) is 14.0 Å². The van der Waals surface area contributed by atoms with Gasteiger partial charge in [0.25, 0.3) is 0 Å². The molecule has 1 unspecified atom stereocenters. The fraction of sp³-hybridized carbons (Fsp3) is 0.514. The number of nitrogens with one attached hydrogen (secondary N) is 2. The summed E-state index contributed by atoms with van der Waals surface area (Å²) in [6.45, 7) is 13.3. The maximum atomic E-state index is 15.4. The number of alkyl carbamates (subject to hydrolysis) is 1. The van der Waals surface area contributed by atoms with Crippen molar-refractivity contribution in [2.75, 3.05) is 26.8 Å². The van der Waals surface area contributed by atoms with Crippen LogP contribution < -0.4 is 25.5 Å². The molecule has 0 aliphatic carbocycles. The first-order valence-corrected chi connectivity index (χ1v) is 16.9. The molecule has 0 bridgehead atoms. The van der Waals surface area contributed by atoms with Crippen LogP contribution in [0.2, 0.25) is 0 Å². The highest BCUT2D eigenvalue weighted by Crippen LogP contribution is 2.30. The molecule has 50 heavy (non-hydrogen) atoms. The molecule has 12 nitrogen and oxygen atoms in total. The third-order valence-electron chi connectivity index (χ3n) is 7.82. The van der Waals surface area contributed by atoms with Gasteiger partial charge in [0.2, 0.25) is 5.91 Å². The summed E-state index contributed by atoms with van der Waals surface area (Å²) in [6.07, 6.45) is 1.66. The molecule has 3 rings (SSSR count). The molecular weight excluding hydrogens is 647 g/mol. The molecule has 3 aromatic rings. The van der Waals surface area contributed by atoms with Crippen molar-refractivity contribution in [1.82, 2.24) is 20.1 Å². The van der Waals surface area contributed by atoms with Gasteiger partial charge in [-0.3, -0.25) is 9.59 Å². The molecule has 0 aliphatic rings. The van der Waals surface area contributed by atoms with Crippen molar-refractivity contribution in [2.24, 2.45) is 0 Å². The predicted molar refractivity (Wildman–Crippen MR) is 190 cm³/mol. The number of rotatable bonds is 15. The van der Waals surface area contributed by atoms with Gasteiger partial charge in [-0.2, -0.15) is 0 Å². The molecule has 0 saturated carbocycles. The molecule has 1 atom stereocenters. The fourth-order valence-electron chi connectivity index (χ4n) is 5.42. The number of halogens is 1. The van der Waals surface area contributed by atoms with Gasteiger partial charge in [-0.1, -0.05) is 19.1 Å². The molecule has 3 N–H and O–H groups in total. The SMILES string of the molecule is CCCOc1ccc(F)c2c(=O)c(-c3ccc(OC)cc3)cn(CCNC(=O)C(CCCCN(C(=O)O)C(C)(C)C)NC(=O)OC(C)(C)C)c12. The molecule has 0 aliphatic heterocycles. The summed E-state index contributed by atoms with van der Waals surface area (Å²) in [7, 11) is 1.53. The van der Waals surface area contributed by atoms with Crippen LogP contribution in [0.4, 0.5) is 14.0 Å². The summed E-state index contributed by atoms with van der Waals surface area (Å²) >= 11 is 0. The summed E-state index contributed by atoms with van der Waals surface area (Å²) in [4.78, 5) is 53.0. The van der Waals surface area contributed by atoms with Crippen molar-refractivity contribution < 1.29 is 38.1 Å². The molecule has 274 valence electrons. The molecule has 1 aromatic heterocycles. The van der Waals surface area contributed by atoms with Gasteiger partial charge in [0.05, 0.1) is 24.6 Å². The summed E-state index contributed by atoms with van der Waals surface area (Å²) in [5, 5.41) is 15.0. The normalized spacial score (nSPS) is 12.3. The third-order valence-corrected chi connectivity index (χ3v) is 7.82. The first-order chi connectivity index (χ1) is 23.5. The lowest BCUT2D eigenvalue weighted by Crippen LogP contribution is -2.49. The molecule has 0 fully saturated rings. The van der Waals surface area contributed by atoms with E-state index in [1.165, 1.54) is 24.1 Å². The zero-order chi connectivity index (χ0) is 37.2. The Bertz CT molecular complexity index is 1690. The highest BCUT2D eigenvalue weighted by Gasteiger charge is 2.27. The second-order valence-electron chi connectivity index (χ2n) is 14.0. The standard InChI is InChI=1S/C37H51FN4O8/c1-9-22-49-29-18-17-27(38)30-31(29)41(23-26(32(30)43)24-13-15-25(48-8)16-14-24)21-19-39-33(44)28(40-34(45)50-37(5,6)7)12-10-11-20-42(35(46)47)36(2,3)4/h13-18,23,28H,9-12,19-22H2,1-8H3,(H,39,44)(H,40,45)(H,46,47). The van der Waals surface area contributed by atoms with Gasteiger partial charge in [0.15, 0.2) is 5.43 Å². The Balaban J connectivity index is 1.89. The second kappa shape index (κ2) is 17.2. The highest BCUT2D eigenvalue weighted by molar-refractivity contribution is 5.89. The van der Waals surface area contributed by atoms with Gasteiger partial charge in [-0.15, -0.1) is 0 Å². The largest absolute Gasteiger partial charge is 0.497 e. The number of carboxylic acid groups (broad SMARTS) is 1. The number of unbranched alkanes of at least 4 members (excludes halogenated alkanes) is 1. The maximum absolute atomic E-state index is 15.4. The number of carbonyl (C=O) groups is 3. The van der Waals surface area contributed by atoms with E-state index in [1.807, 2.05) is 6.92 Å². The summed E-state index contributed by atoms with van der Waals surface area (Å²) in [5.41, 5.74) is -0.807. The molecule has 1 heterocycles. The minimum atomic E-state index is -1.04. The van der Waals surface area contributed by atoms with Gasteiger partial charge < -0.3 is 39.4 Å². The smallest absolute Gasteiger partial charge is 0.408 e. The molecule has 0 saturated heterocycles. The van der Waals surface area contributed by atoms with E-state index in [4.69, 9.17) is 14.2 Å². The predicted octanol–water partition coefficient (Wildman–Crippen LogP) is 6.56. The number of benzene rings is 2. The van der Waals surface area contributed by atoms with Crippen molar-refractivity contribution in [1.29, 1.82) is 0 Å². The Morgan fingerprint density at radius 2 is 1.70 bits per heavy atom. The molecule has 0 spiro atoms. The van der Waals surface area contributed by atoms with E-state index in [9.17, 15) is 24.3 Å². The number of aromatic nitrogens is 1. The van der Waals surface area contributed by atoms with Crippen LogP contribution in [-0.4, -0.2) is 76.7 Å². The first-order valence-electron chi connectivity index (χ1n) is 16.9. The fourth-order valence-corrected chi connectivity index (χ4v) is 5.42. The summed E-state index contributed by atoms with van der Waals surface area (Å²) in [6, 6.07) is 8.57. The topological polar surface area (TPSA) is 148 Å². The van der Waals surface area contributed by atoms with Crippen molar-refractivity contribution in [3.05, 3.63) is 58.6 Å². The van der Waals surface area contributed by atoms with Crippen LogP contribution in [0.1, 0.15) is 74.1 Å². The zero-order valence-electron chi connectivity index (χ0n) is 30.4. The van der Waals surface area contributed by atoms with E-state index < -0.39 is 46.5 Å². The van der Waals surface area contributed by atoms with Crippen LogP contribution in [0, 0.1) is 5.82 Å². The molecule has 0 radical (unpaired) electrons. The number of methoxy groups -OCH3 is 1. The number of ether oxygens (including phenoxy) is 3. The van der Waals surface area contributed by atoms with E-state index in [0.29, 0.717) is 42.9 Å². The quantitative estimate of drug-likeness (QED) is 0.151. The van der Waals surface area contributed by atoms with Crippen LogP contribution in [-0.2, 0) is 16.1 Å². The first kappa shape index (κ1) is 39.6. The minimum absolute atomic E-state index is 0.0614. The Kier molecular flexibility index (Phi) is 13.6. The average Bonchev–Trinajstić information content (AvgIpc) is 3.02. The Hall–Kier alpha value is -4.81. The second-order valence-corrected chi connectivity index (χ2v) is 14.0. The maximum Gasteiger partial charge on any atom is 0.408 e. The zero-order valence-corrected chi connectivity index (χ0v) is 30.4. The molecular formula is C37H51FN4O8. The molecule has 13 heteroatoms. The molecule has 3 amide bonds. The van der Waals surface area contributed by atoms with Crippen LogP contribution in [0.25, 0.3) is 22.0 Å². The van der Waals surface area contributed by atoms with E-state index in [2.05, 4.69) is 10.6 Å². The van der Waals surface area contributed by atoms with Crippen LogP contribution in [0.3, 0.4) is 0 Å². The van der Waals surface area contributed by atoms with Crippen molar-refractivity contribution in [3.8, 4) is 22.6 Å². The van der Waals surface area contributed by atoms with Crippen LogP contribution >= 0.6 is 0 Å².